The summed E-state index contributed by atoms with van der Waals surface area (Å²) >= 11 is 5.88. The molecule has 0 spiro atoms. The van der Waals surface area contributed by atoms with Gasteiger partial charge < -0.3 is 5.73 Å². The van der Waals surface area contributed by atoms with Crippen molar-refractivity contribution in [2.75, 3.05) is 0 Å². The maximum atomic E-state index is 12.2. The molecule has 0 aromatic heterocycles. The number of halogens is 1. The zero-order valence-corrected chi connectivity index (χ0v) is 9.91. The number of Topliss-reactive ketones (excluding diaryl/α,β-unsaturated/α-hetero) is 1. The summed E-state index contributed by atoms with van der Waals surface area (Å²) in [6.45, 7) is 0. The summed E-state index contributed by atoms with van der Waals surface area (Å²) in [6, 6.07) is 7.35. The number of carbonyl (C=O) groups excluding carboxylic acids is 1. The van der Waals surface area contributed by atoms with Gasteiger partial charge in [-0.1, -0.05) is 30.2 Å². The van der Waals surface area contributed by atoms with Crippen LogP contribution in [-0.4, -0.2) is 11.8 Å². The predicted octanol–water partition coefficient (Wildman–Crippen LogP) is 3.04. The lowest BCUT2D eigenvalue weighted by Gasteiger charge is -2.25. The van der Waals surface area contributed by atoms with E-state index in [1.807, 2.05) is 12.1 Å². The molecule has 1 saturated carbocycles. The first-order chi connectivity index (χ1) is 7.66. The normalized spacial score (nSPS) is 25.4. The highest BCUT2D eigenvalue weighted by atomic mass is 35.5. The highest BCUT2D eigenvalue weighted by molar-refractivity contribution is 6.31. The minimum atomic E-state index is 0.0854. The first-order valence-corrected chi connectivity index (χ1v) is 6.10. The van der Waals surface area contributed by atoms with Crippen LogP contribution >= 0.6 is 11.6 Å². The molecule has 3 heteroatoms. The zero-order valence-electron chi connectivity index (χ0n) is 9.16. The lowest BCUT2D eigenvalue weighted by Crippen LogP contribution is -2.31. The number of ketones is 1. The Morgan fingerprint density at radius 3 is 2.88 bits per heavy atom. The van der Waals surface area contributed by atoms with Crippen molar-refractivity contribution in [3.05, 3.63) is 34.9 Å². The van der Waals surface area contributed by atoms with Gasteiger partial charge in [-0.25, -0.2) is 0 Å². The summed E-state index contributed by atoms with van der Waals surface area (Å²) in [7, 11) is 0. The second kappa shape index (κ2) is 4.98. The summed E-state index contributed by atoms with van der Waals surface area (Å²) in [5.41, 5.74) is 6.61. The maximum absolute atomic E-state index is 12.2. The molecule has 1 aromatic carbocycles. The van der Waals surface area contributed by atoms with Gasteiger partial charge >= 0.3 is 0 Å². The van der Waals surface area contributed by atoms with E-state index in [4.69, 9.17) is 17.3 Å². The van der Waals surface area contributed by atoms with E-state index in [0.717, 1.165) is 25.7 Å². The Hall–Kier alpha value is -0.860. The standard InChI is InChI=1S/C13H16ClNO/c14-11-5-1-3-9(7-11)13(16)10-4-2-6-12(15)8-10/h1,3,5,7,10,12H,2,4,6,8,15H2. The molecule has 86 valence electrons. The van der Waals surface area contributed by atoms with Crippen LogP contribution < -0.4 is 5.73 Å². The van der Waals surface area contributed by atoms with Crippen LogP contribution in [0.4, 0.5) is 0 Å². The topological polar surface area (TPSA) is 43.1 Å². The molecule has 2 N–H and O–H groups in total. The van der Waals surface area contributed by atoms with Gasteiger partial charge in [-0.3, -0.25) is 4.79 Å². The third-order valence-corrected chi connectivity index (χ3v) is 3.43. The van der Waals surface area contributed by atoms with Crippen molar-refractivity contribution in [1.29, 1.82) is 0 Å². The van der Waals surface area contributed by atoms with E-state index in [0.29, 0.717) is 10.6 Å². The molecule has 2 nitrogen and oxygen atoms in total. The van der Waals surface area contributed by atoms with Crippen molar-refractivity contribution >= 4 is 17.4 Å². The molecule has 2 rings (SSSR count). The van der Waals surface area contributed by atoms with E-state index < -0.39 is 0 Å². The van der Waals surface area contributed by atoms with Crippen LogP contribution in [0.1, 0.15) is 36.0 Å². The Kier molecular flexibility index (Phi) is 3.62. The number of nitrogens with two attached hydrogens (primary N) is 1. The fraction of sp³-hybridized carbons (Fsp3) is 0.462. The molecule has 0 saturated heterocycles. The molecule has 2 atom stereocenters. The highest BCUT2D eigenvalue weighted by Crippen LogP contribution is 2.27. The molecular weight excluding hydrogens is 222 g/mol. The van der Waals surface area contributed by atoms with Crippen molar-refractivity contribution in [3.8, 4) is 0 Å². The van der Waals surface area contributed by atoms with Crippen molar-refractivity contribution in [2.24, 2.45) is 11.7 Å². The fourth-order valence-corrected chi connectivity index (χ4v) is 2.53. The summed E-state index contributed by atoms with van der Waals surface area (Å²) in [5.74, 6) is 0.278. The van der Waals surface area contributed by atoms with Crippen molar-refractivity contribution in [3.63, 3.8) is 0 Å². The zero-order chi connectivity index (χ0) is 11.5. The summed E-state index contributed by atoms with van der Waals surface area (Å²) in [6.07, 6.45) is 3.86. The largest absolute Gasteiger partial charge is 0.328 e. The Labute approximate surface area is 101 Å². The van der Waals surface area contributed by atoms with Crippen LogP contribution in [0, 0.1) is 5.92 Å². The molecule has 1 aromatic rings. The Bertz CT molecular complexity index is 391. The van der Waals surface area contributed by atoms with Gasteiger partial charge in [0.1, 0.15) is 0 Å². The number of rotatable bonds is 2. The van der Waals surface area contributed by atoms with E-state index in [1.54, 1.807) is 12.1 Å². The molecule has 0 bridgehead atoms. The van der Waals surface area contributed by atoms with Gasteiger partial charge in [0.25, 0.3) is 0 Å². The maximum Gasteiger partial charge on any atom is 0.166 e. The molecule has 1 aliphatic carbocycles. The lowest BCUT2D eigenvalue weighted by atomic mass is 9.81. The van der Waals surface area contributed by atoms with Crippen LogP contribution in [0.2, 0.25) is 5.02 Å². The number of carbonyl (C=O) groups is 1. The first-order valence-electron chi connectivity index (χ1n) is 5.72. The first kappa shape index (κ1) is 11.6. The van der Waals surface area contributed by atoms with Crippen molar-refractivity contribution in [2.45, 2.75) is 31.7 Å². The number of hydrogen-bond donors (Lipinski definition) is 1. The summed E-state index contributed by atoms with van der Waals surface area (Å²) in [5, 5.41) is 0.617. The monoisotopic (exact) mass is 237 g/mol. The second-order valence-electron chi connectivity index (χ2n) is 4.50. The van der Waals surface area contributed by atoms with E-state index in [-0.39, 0.29) is 17.7 Å². The SMILES string of the molecule is NC1CCCC(C(=O)c2cccc(Cl)c2)C1. The Morgan fingerprint density at radius 1 is 1.38 bits per heavy atom. The van der Waals surface area contributed by atoms with Gasteiger partial charge in [0.05, 0.1) is 0 Å². The highest BCUT2D eigenvalue weighted by Gasteiger charge is 2.26. The van der Waals surface area contributed by atoms with Gasteiger partial charge in [-0.2, -0.15) is 0 Å². The molecule has 2 unspecified atom stereocenters. The minimum Gasteiger partial charge on any atom is -0.328 e. The predicted molar refractivity (Wildman–Crippen MR) is 65.7 cm³/mol. The smallest absolute Gasteiger partial charge is 0.166 e. The molecule has 0 heterocycles. The van der Waals surface area contributed by atoms with Crippen molar-refractivity contribution in [1.82, 2.24) is 0 Å². The van der Waals surface area contributed by atoms with Crippen LogP contribution in [0.15, 0.2) is 24.3 Å². The van der Waals surface area contributed by atoms with E-state index in [2.05, 4.69) is 0 Å². The molecule has 1 aliphatic rings. The van der Waals surface area contributed by atoms with Crippen LogP contribution in [0.3, 0.4) is 0 Å². The average Bonchev–Trinajstić information content (AvgIpc) is 2.28. The molecule has 1 fully saturated rings. The molecule has 0 radical (unpaired) electrons. The van der Waals surface area contributed by atoms with Gasteiger partial charge in [-0.05, 0) is 31.4 Å². The average molecular weight is 238 g/mol. The third kappa shape index (κ3) is 2.63. The van der Waals surface area contributed by atoms with Crippen molar-refractivity contribution < 1.29 is 4.79 Å². The minimum absolute atomic E-state index is 0.0854. The number of benzene rings is 1. The Balaban J connectivity index is 2.12. The van der Waals surface area contributed by atoms with E-state index in [9.17, 15) is 4.79 Å². The molecule has 0 aliphatic heterocycles. The molecule has 16 heavy (non-hydrogen) atoms. The molecular formula is C13H16ClNO. The van der Waals surface area contributed by atoms with Gasteiger partial charge in [-0.15, -0.1) is 0 Å². The summed E-state index contributed by atoms with van der Waals surface area (Å²) in [4.78, 5) is 12.2. The summed E-state index contributed by atoms with van der Waals surface area (Å²) < 4.78 is 0. The van der Waals surface area contributed by atoms with Crippen LogP contribution in [0.25, 0.3) is 0 Å². The van der Waals surface area contributed by atoms with Crippen LogP contribution in [0.5, 0.6) is 0 Å². The van der Waals surface area contributed by atoms with Gasteiger partial charge in [0.15, 0.2) is 5.78 Å². The third-order valence-electron chi connectivity index (χ3n) is 3.19. The van der Waals surface area contributed by atoms with Gasteiger partial charge in [0, 0.05) is 22.5 Å². The number of hydrogen-bond acceptors (Lipinski definition) is 2. The quantitative estimate of drug-likeness (QED) is 0.804. The fourth-order valence-electron chi connectivity index (χ4n) is 2.34. The Morgan fingerprint density at radius 2 is 2.19 bits per heavy atom. The van der Waals surface area contributed by atoms with E-state index >= 15 is 0 Å². The van der Waals surface area contributed by atoms with Gasteiger partial charge in [0.2, 0.25) is 0 Å². The molecule has 0 amide bonds. The van der Waals surface area contributed by atoms with E-state index in [1.165, 1.54) is 0 Å². The van der Waals surface area contributed by atoms with Crippen LogP contribution in [-0.2, 0) is 0 Å². The lowest BCUT2D eigenvalue weighted by molar-refractivity contribution is 0.0881. The second-order valence-corrected chi connectivity index (χ2v) is 4.93.